The van der Waals surface area contributed by atoms with Crippen LogP contribution < -0.4 is 31.8 Å². The fourth-order valence-corrected chi connectivity index (χ4v) is 14.6. The molecule has 0 atom stereocenters. The summed E-state index contributed by atoms with van der Waals surface area (Å²) in [6, 6.07) is 37.3. The molecule has 0 fully saturated rings. The van der Waals surface area contributed by atoms with Gasteiger partial charge >= 0.3 is 280 Å². The van der Waals surface area contributed by atoms with E-state index in [-0.39, 0.29) is 34.9 Å². The predicted molar refractivity (Wildman–Crippen MR) is 182 cm³/mol. The Balaban J connectivity index is 0.000000181. The van der Waals surface area contributed by atoms with Crippen molar-refractivity contribution in [3.8, 4) is 0 Å². The van der Waals surface area contributed by atoms with Crippen LogP contribution in [0.2, 0.25) is 0 Å². The van der Waals surface area contributed by atoms with Gasteiger partial charge in [0.15, 0.2) is 0 Å². The van der Waals surface area contributed by atoms with Crippen molar-refractivity contribution >= 4 is 73.0 Å². The van der Waals surface area contributed by atoms with Crippen LogP contribution >= 0.6 is 11.0 Å². The minimum absolute atomic E-state index is 0.321. The Morgan fingerprint density at radius 2 is 0.348 bits per heavy atom. The molecule has 6 aromatic rings. The standard InChI is InChI=1S/2C18H12F3PSe/c2*19-13-1-7-16(8-2-13)22(23,17-9-3-14(20)4-10-17)18-11-5-15(21)6-12-18/h2*1-12H. The average molecular weight is 790 g/mol. The molecule has 0 nitrogen and oxygen atoms in total. The minimum atomic E-state index is -2.21. The summed E-state index contributed by atoms with van der Waals surface area (Å²) in [5.74, 6) is -1.92. The molecule has 0 saturated carbocycles. The Morgan fingerprint density at radius 1 is 0.239 bits per heavy atom. The first-order chi connectivity index (χ1) is 22.0. The van der Waals surface area contributed by atoms with Gasteiger partial charge in [-0.1, -0.05) is 0 Å². The summed E-state index contributed by atoms with van der Waals surface area (Å²) in [5, 5.41) is 5.40. The summed E-state index contributed by atoms with van der Waals surface area (Å²) in [5.41, 5.74) is -4.42. The van der Waals surface area contributed by atoms with E-state index in [1.807, 2.05) is 0 Å². The molecule has 0 N–H and O–H groups in total. The molecule has 10 heteroatoms. The summed E-state index contributed by atoms with van der Waals surface area (Å²) in [4.78, 5) is 0. The summed E-state index contributed by atoms with van der Waals surface area (Å²) >= 11 is 6.48. The van der Waals surface area contributed by atoms with Gasteiger partial charge < -0.3 is 0 Å². The second-order valence-corrected chi connectivity index (χ2v) is 22.5. The van der Waals surface area contributed by atoms with Crippen molar-refractivity contribution in [1.29, 1.82) is 0 Å². The normalized spacial score (nSPS) is 11.4. The molecular weight excluding hydrogens is 766 g/mol. The Bertz CT molecular complexity index is 1630. The van der Waals surface area contributed by atoms with Gasteiger partial charge in [0.05, 0.1) is 0 Å². The van der Waals surface area contributed by atoms with Crippen LogP contribution in [0.25, 0.3) is 0 Å². The third kappa shape index (κ3) is 7.50. The first-order valence-electron chi connectivity index (χ1n) is 13.8. The van der Waals surface area contributed by atoms with Crippen LogP contribution in [0.1, 0.15) is 0 Å². The molecule has 0 aliphatic rings. The Labute approximate surface area is 278 Å². The van der Waals surface area contributed by atoms with E-state index in [1.165, 1.54) is 72.8 Å². The van der Waals surface area contributed by atoms with E-state index in [1.54, 1.807) is 72.8 Å². The topological polar surface area (TPSA) is 0 Å². The van der Waals surface area contributed by atoms with Crippen LogP contribution in [0, 0.1) is 34.9 Å². The maximum absolute atomic E-state index is 13.3. The van der Waals surface area contributed by atoms with Gasteiger partial charge in [0.2, 0.25) is 0 Å². The molecule has 0 radical (unpaired) electrons. The Hall–Kier alpha value is -3.20. The number of hydrogen-bond donors (Lipinski definition) is 0. The van der Waals surface area contributed by atoms with E-state index in [0.29, 0.717) is 0 Å². The van der Waals surface area contributed by atoms with Gasteiger partial charge in [0, 0.05) is 0 Å². The zero-order valence-electron chi connectivity index (χ0n) is 23.8. The molecule has 232 valence electrons. The zero-order valence-corrected chi connectivity index (χ0v) is 29.1. The molecule has 0 saturated heterocycles. The van der Waals surface area contributed by atoms with Crippen molar-refractivity contribution in [2.45, 2.75) is 0 Å². The molecular formula is C36H24F6P2Se2. The van der Waals surface area contributed by atoms with Gasteiger partial charge in [-0.25, -0.2) is 0 Å². The quantitative estimate of drug-likeness (QED) is 0.0974. The van der Waals surface area contributed by atoms with E-state index in [0.717, 1.165) is 31.8 Å². The molecule has 0 heterocycles. The average Bonchev–Trinajstić information content (AvgIpc) is 3.06. The molecule has 0 unspecified atom stereocenters. The van der Waals surface area contributed by atoms with Crippen molar-refractivity contribution < 1.29 is 26.3 Å². The van der Waals surface area contributed by atoms with E-state index >= 15 is 0 Å². The molecule has 0 aliphatic heterocycles. The summed E-state index contributed by atoms with van der Waals surface area (Å²) in [7, 11) is 0. The second-order valence-electron chi connectivity index (χ2n) is 10.1. The van der Waals surface area contributed by atoms with Crippen LogP contribution in [-0.2, 0) is 0 Å². The van der Waals surface area contributed by atoms with Crippen molar-refractivity contribution in [1.82, 2.24) is 0 Å². The first kappa shape index (κ1) is 34.1. The molecule has 6 rings (SSSR count). The molecule has 46 heavy (non-hydrogen) atoms. The van der Waals surface area contributed by atoms with Crippen LogP contribution in [0.15, 0.2) is 146 Å². The Kier molecular flexibility index (Phi) is 10.9. The number of benzene rings is 6. The predicted octanol–water partition coefficient (Wildman–Crippen LogP) is 6.96. The monoisotopic (exact) mass is 792 g/mol. The van der Waals surface area contributed by atoms with E-state index in [9.17, 15) is 26.3 Å². The van der Waals surface area contributed by atoms with Crippen LogP contribution in [0.3, 0.4) is 0 Å². The van der Waals surface area contributed by atoms with Crippen molar-refractivity contribution in [3.05, 3.63) is 180 Å². The van der Waals surface area contributed by atoms with Crippen LogP contribution in [0.4, 0.5) is 26.3 Å². The number of hydrogen-bond acceptors (Lipinski definition) is 0. The van der Waals surface area contributed by atoms with Gasteiger partial charge in [0.25, 0.3) is 0 Å². The molecule has 0 bridgehead atoms. The Morgan fingerprint density at radius 3 is 0.457 bits per heavy atom. The second kappa shape index (κ2) is 14.7. The van der Waals surface area contributed by atoms with Crippen molar-refractivity contribution in [2.24, 2.45) is 0 Å². The third-order valence-corrected chi connectivity index (χ3v) is 21.3. The summed E-state index contributed by atoms with van der Waals surface area (Å²) < 4.78 is 79.7. The van der Waals surface area contributed by atoms with Gasteiger partial charge in [-0.15, -0.1) is 0 Å². The fraction of sp³-hybridized carbons (Fsp3) is 0. The van der Waals surface area contributed by atoms with Gasteiger partial charge in [-0.2, -0.15) is 0 Å². The van der Waals surface area contributed by atoms with Gasteiger partial charge in [-0.05, 0) is 0 Å². The number of rotatable bonds is 6. The molecule has 6 aromatic carbocycles. The van der Waals surface area contributed by atoms with E-state index in [2.05, 4.69) is 30.2 Å². The molecule has 0 amide bonds. The molecule has 0 aromatic heterocycles. The molecule has 0 aliphatic carbocycles. The van der Waals surface area contributed by atoms with Gasteiger partial charge in [0.1, 0.15) is 0 Å². The SMILES string of the molecule is Fc1ccc(P(=[Se])(c2ccc(F)cc2)c2ccc(F)cc2)cc1.Fc1ccc(P(=[Se])(c2ccc(F)cc2)c2ccc(F)cc2)cc1. The van der Waals surface area contributed by atoms with Crippen molar-refractivity contribution in [2.75, 3.05) is 0 Å². The fourth-order valence-electron chi connectivity index (χ4n) is 4.80. The van der Waals surface area contributed by atoms with Gasteiger partial charge in [-0.3, -0.25) is 0 Å². The van der Waals surface area contributed by atoms with Crippen LogP contribution in [0.5, 0.6) is 0 Å². The van der Waals surface area contributed by atoms with E-state index < -0.39 is 11.0 Å². The first-order valence-corrected chi connectivity index (χ1v) is 21.8. The third-order valence-electron chi connectivity index (χ3n) is 7.14. The van der Waals surface area contributed by atoms with Crippen LogP contribution in [-0.4, -0.2) is 30.2 Å². The summed E-state index contributed by atoms with van der Waals surface area (Å²) in [6.07, 6.45) is 0. The van der Waals surface area contributed by atoms with E-state index in [4.69, 9.17) is 0 Å². The zero-order chi connectivity index (χ0) is 32.9. The molecule has 0 spiro atoms. The maximum atomic E-state index is 13.3. The number of halogens is 6. The van der Waals surface area contributed by atoms with Crippen molar-refractivity contribution in [3.63, 3.8) is 0 Å². The summed E-state index contributed by atoms with van der Waals surface area (Å²) in [6.45, 7) is 0.